The second-order valence-corrected chi connectivity index (χ2v) is 7.65. The van der Waals surface area contributed by atoms with Crippen LogP contribution in [0.2, 0.25) is 0 Å². The maximum absolute atomic E-state index is 13.4. The molecular weight excluding hydrogens is 366 g/mol. The molecule has 2 N–H and O–H groups in total. The molecule has 0 aromatic heterocycles. The monoisotopic (exact) mass is 396 g/mol. The molecule has 0 saturated heterocycles. The van der Waals surface area contributed by atoms with Crippen molar-refractivity contribution in [2.24, 2.45) is 0 Å². The summed E-state index contributed by atoms with van der Waals surface area (Å²) in [5.74, 6) is 0.666. The average molecular weight is 397 g/mol. The smallest absolute Gasteiger partial charge is 0.282 e. The van der Waals surface area contributed by atoms with Gasteiger partial charge in [0.15, 0.2) is 13.1 Å². The van der Waals surface area contributed by atoms with Crippen LogP contribution in [0.15, 0.2) is 54.6 Å². The molecule has 29 heavy (non-hydrogen) atoms. The van der Waals surface area contributed by atoms with Crippen molar-refractivity contribution >= 4 is 17.5 Å². The van der Waals surface area contributed by atoms with E-state index in [0.717, 1.165) is 16.2 Å². The van der Waals surface area contributed by atoms with E-state index in [0.29, 0.717) is 18.9 Å². The molecule has 0 bridgehead atoms. The van der Waals surface area contributed by atoms with Crippen molar-refractivity contribution in [1.29, 1.82) is 0 Å². The Bertz CT molecular complexity index is 838. The lowest BCUT2D eigenvalue weighted by Gasteiger charge is -2.37. The van der Waals surface area contributed by atoms with Gasteiger partial charge in [0.1, 0.15) is 12.4 Å². The fraction of sp³-hybridized carbons (Fsp3) is 0.391. The number of hydrogen-bond donors (Lipinski definition) is 2. The maximum atomic E-state index is 13.4. The van der Waals surface area contributed by atoms with Crippen LogP contribution in [-0.4, -0.2) is 44.1 Å². The highest BCUT2D eigenvalue weighted by Gasteiger charge is 2.35. The molecule has 1 aliphatic heterocycles. The summed E-state index contributed by atoms with van der Waals surface area (Å²) in [7, 11) is 0. The molecule has 2 aromatic carbocycles. The number of hydrogen-bond acceptors (Lipinski definition) is 3. The van der Waals surface area contributed by atoms with Gasteiger partial charge in [-0.05, 0) is 38.5 Å². The molecule has 1 aliphatic rings. The van der Waals surface area contributed by atoms with Gasteiger partial charge in [0.25, 0.3) is 11.8 Å². The van der Waals surface area contributed by atoms with Crippen molar-refractivity contribution in [3.63, 3.8) is 0 Å². The number of quaternary nitrogens is 1. The van der Waals surface area contributed by atoms with Crippen molar-refractivity contribution in [2.75, 3.05) is 31.1 Å². The van der Waals surface area contributed by atoms with Gasteiger partial charge in [-0.25, -0.2) is 0 Å². The van der Waals surface area contributed by atoms with E-state index in [1.54, 1.807) is 0 Å². The Labute approximate surface area is 172 Å². The van der Waals surface area contributed by atoms with Gasteiger partial charge in [-0.2, -0.15) is 0 Å². The van der Waals surface area contributed by atoms with Crippen LogP contribution in [0, 0.1) is 0 Å². The van der Waals surface area contributed by atoms with Gasteiger partial charge in [0.05, 0.1) is 18.3 Å². The molecule has 6 heteroatoms. The molecule has 1 unspecified atom stereocenters. The number of nitrogens with zero attached hydrogens (tertiary/aromatic N) is 1. The number of ether oxygens (including phenoxy) is 1. The molecule has 0 spiro atoms. The molecule has 2 amide bonds. The molecule has 3 rings (SSSR count). The third kappa shape index (κ3) is 5.15. The van der Waals surface area contributed by atoms with Crippen LogP contribution in [0.1, 0.15) is 32.4 Å². The number of nitrogens with one attached hydrogen (secondary N) is 2. The second-order valence-electron chi connectivity index (χ2n) is 7.65. The highest BCUT2D eigenvalue weighted by Crippen LogP contribution is 2.39. The van der Waals surface area contributed by atoms with Crippen molar-refractivity contribution in [3.8, 4) is 5.75 Å². The summed E-state index contributed by atoms with van der Waals surface area (Å²) < 4.78 is 5.95. The normalized spacial score (nSPS) is 16.7. The number of anilines is 1. The second kappa shape index (κ2) is 9.56. The summed E-state index contributed by atoms with van der Waals surface area (Å²) in [4.78, 5) is 28.4. The Hall–Kier alpha value is -2.86. The van der Waals surface area contributed by atoms with E-state index in [4.69, 9.17) is 4.74 Å². The van der Waals surface area contributed by atoms with Crippen LogP contribution in [0.3, 0.4) is 0 Å². The standard InChI is InChI=1S/C23H29N3O3/c1-4-25(14-22(27)24-17(2)3)15-23(28)26-19-12-8-9-13-21(19)29-16-20(26)18-10-6-5-7-11-18/h5-13,17,20H,4,14-16H2,1-3H3,(H,24,27)/p+1/t20-/m0/s1. The molecule has 2 aromatic rings. The van der Waals surface area contributed by atoms with E-state index in [9.17, 15) is 9.59 Å². The lowest BCUT2D eigenvalue weighted by Crippen LogP contribution is -3.14. The van der Waals surface area contributed by atoms with Gasteiger partial charge in [-0.15, -0.1) is 0 Å². The SMILES string of the molecule is CC[NH+](CC(=O)NC(C)C)CC(=O)N1c2ccccc2OC[C@H]1c1ccccc1. The zero-order valence-corrected chi connectivity index (χ0v) is 17.4. The Kier molecular flexibility index (Phi) is 6.88. The van der Waals surface area contributed by atoms with Gasteiger partial charge in [-0.1, -0.05) is 42.5 Å². The third-order valence-corrected chi connectivity index (χ3v) is 5.05. The minimum Gasteiger partial charge on any atom is -0.489 e. The predicted molar refractivity (Wildman–Crippen MR) is 113 cm³/mol. The first kappa shape index (κ1) is 20.9. The van der Waals surface area contributed by atoms with Gasteiger partial charge >= 0.3 is 0 Å². The van der Waals surface area contributed by atoms with Crippen LogP contribution in [0.5, 0.6) is 5.75 Å². The topological polar surface area (TPSA) is 63.1 Å². The van der Waals surface area contributed by atoms with Gasteiger partial charge in [-0.3, -0.25) is 14.5 Å². The Morgan fingerprint density at radius 1 is 1.10 bits per heavy atom. The zero-order valence-electron chi connectivity index (χ0n) is 17.4. The number of rotatable bonds is 7. The van der Waals surface area contributed by atoms with Gasteiger partial charge in [0.2, 0.25) is 0 Å². The van der Waals surface area contributed by atoms with E-state index in [2.05, 4.69) is 5.32 Å². The number of fused-ring (bicyclic) bond motifs is 1. The van der Waals surface area contributed by atoms with Crippen molar-refractivity contribution in [3.05, 3.63) is 60.2 Å². The minimum atomic E-state index is -0.193. The molecule has 0 radical (unpaired) electrons. The Balaban J connectivity index is 1.83. The van der Waals surface area contributed by atoms with Crippen LogP contribution in [0.4, 0.5) is 5.69 Å². The van der Waals surface area contributed by atoms with Crippen LogP contribution in [-0.2, 0) is 9.59 Å². The number of para-hydroxylation sites is 2. The first-order valence-corrected chi connectivity index (χ1v) is 10.2. The number of likely N-dealkylation sites (N-methyl/N-ethyl adjacent to an activating group) is 1. The van der Waals surface area contributed by atoms with Crippen LogP contribution >= 0.6 is 0 Å². The Morgan fingerprint density at radius 3 is 2.48 bits per heavy atom. The highest BCUT2D eigenvalue weighted by atomic mass is 16.5. The summed E-state index contributed by atoms with van der Waals surface area (Å²) in [5.41, 5.74) is 1.81. The maximum Gasteiger partial charge on any atom is 0.282 e. The fourth-order valence-corrected chi connectivity index (χ4v) is 3.63. The lowest BCUT2D eigenvalue weighted by molar-refractivity contribution is -0.881. The molecule has 0 saturated carbocycles. The summed E-state index contributed by atoms with van der Waals surface area (Å²) >= 11 is 0. The molecular formula is C23H30N3O3+. The van der Waals surface area contributed by atoms with E-state index in [1.165, 1.54) is 0 Å². The number of amides is 2. The van der Waals surface area contributed by atoms with Gasteiger partial charge < -0.3 is 15.0 Å². The fourth-order valence-electron chi connectivity index (χ4n) is 3.63. The molecule has 1 heterocycles. The van der Waals surface area contributed by atoms with Crippen molar-refractivity contribution in [2.45, 2.75) is 32.9 Å². The predicted octanol–water partition coefficient (Wildman–Crippen LogP) is 1.58. The molecule has 154 valence electrons. The van der Waals surface area contributed by atoms with E-state index in [-0.39, 0.29) is 37.0 Å². The average Bonchev–Trinajstić information content (AvgIpc) is 2.72. The highest BCUT2D eigenvalue weighted by molar-refractivity contribution is 5.97. The third-order valence-electron chi connectivity index (χ3n) is 5.05. The molecule has 0 fully saturated rings. The number of carbonyl (C=O) groups is 2. The quantitative estimate of drug-likeness (QED) is 0.747. The van der Waals surface area contributed by atoms with Gasteiger partial charge in [0, 0.05) is 6.04 Å². The van der Waals surface area contributed by atoms with Crippen molar-refractivity contribution < 1.29 is 19.2 Å². The van der Waals surface area contributed by atoms with Crippen molar-refractivity contribution in [1.82, 2.24) is 5.32 Å². The van der Waals surface area contributed by atoms with Crippen LogP contribution < -0.4 is 19.9 Å². The molecule has 2 atom stereocenters. The summed E-state index contributed by atoms with van der Waals surface area (Å²) in [6.45, 7) is 7.49. The zero-order chi connectivity index (χ0) is 20.8. The van der Waals surface area contributed by atoms with E-state index < -0.39 is 0 Å². The summed E-state index contributed by atoms with van der Waals surface area (Å²) in [5, 5.41) is 2.91. The van der Waals surface area contributed by atoms with E-state index >= 15 is 0 Å². The first-order valence-electron chi connectivity index (χ1n) is 10.2. The number of benzene rings is 2. The van der Waals surface area contributed by atoms with Crippen LogP contribution in [0.25, 0.3) is 0 Å². The lowest BCUT2D eigenvalue weighted by atomic mass is 10.0. The van der Waals surface area contributed by atoms with E-state index in [1.807, 2.05) is 80.3 Å². The number of carbonyl (C=O) groups excluding carboxylic acids is 2. The molecule has 6 nitrogen and oxygen atoms in total. The summed E-state index contributed by atoms with van der Waals surface area (Å²) in [6.07, 6.45) is 0. The minimum absolute atomic E-state index is 0.0104. The Morgan fingerprint density at radius 2 is 1.79 bits per heavy atom. The summed E-state index contributed by atoms with van der Waals surface area (Å²) in [6, 6.07) is 17.5. The first-order chi connectivity index (χ1) is 14.0. The largest absolute Gasteiger partial charge is 0.489 e. The molecule has 0 aliphatic carbocycles.